The first-order valence-electron chi connectivity index (χ1n) is 6.82. The number of ether oxygens (including phenoxy) is 1. The normalized spacial score (nSPS) is 10.3. The predicted octanol–water partition coefficient (Wildman–Crippen LogP) is 4.18. The fourth-order valence-electron chi connectivity index (χ4n) is 1.92. The summed E-state index contributed by atoms with van der Waals surface area (Å²) in [6.45, 7) is 3.70. The van der Waals surface area contributed by atoms with Gasteiger partial charge in [-0.3, -0.25) is 4.79 Å². The van der Waals surface area contributed by atoms with Gasteiger partial charge in [-0.1, -0.05) is 19.1 Å². The maximum Gasteiger partial charge on any atom is 0.348 e. The number of rotatable bonds is 5. The van der Waals surface area contributed by atoms with Crippen LogP contribution in [-0.4, -0.2) is 18.5 Å². The van der Waals surface area contributed by atoms with Crippen molar-refractivity contribution in [2.45, 2.75) is 20.3 Å². The van der Waals surface area contributed by atoms with Crippen molar-refractivity contribution in [3.05, 3.63) is 50.1 Å². The second-order valence-electron chi connectivity index (χ2n) is 4.67. The number of anilines is 1. The van der Waals surface area contributed by atoms with Gasteiger partial charge in [-0.05, 0) is 53.0 Å². The first kappa shape index (κ1) is 16.7. The molecule has 1 heterocycles. The molecule has 0 aliphatic rings. The van der Waals surface area contributed by atoms with Crippen LogP contribution in [0.15, 0.2) is 34.8 Å². The number of benzene rings is 1. The zero-order valence-corrected chi connectivity index (χ0v) is 14.7. The van der Waals surface area contributed by atoms with E-state index in [0.29, 0.717) is 10.6 Å². The highest BCUT2D eigenvalue weighted by molar-refractivity contribution is 9.10. The molecule has 1 aromatic heterocycles. The van der Waals surface area contributed by atoms with Gasteiger partial charge in [0, 0.05) is 9.35 Å². The third-order valence-corrected chi connectivity index (χ3v) is 5.08. The van der Waals surface area contributed by atoms with Gasteiger partial charge in [-0.2, -0.15) is 0 Å². The SMILES string of the molecule is CCc1sc(C(=O)OCC(=O)Nc2ccccc2Br)cc1C. The Bertz CT molecular complexity index is 696. The van der Waals surface area contributed by atoms with Crippen molar-refractivity contribution < 1.29 is 14.3 Å². The van der Waals surface area contributed by atoms with E-state index in [1.165, 1.54) is 11.3 Å². The fourth-order valence-corrected chi connectivity index (χ4v) is 3.31. The molecule has 0 unspecified atom stereocenters. The average molecular weight is 382 g/mol. The second-order valence-corrected chi connectivity index (χ2v) is 6.67. The van der Waals surface area contributed by atoms with E-state index in [1.54, 1.807) is 12.1 Å². The number of amides is 1. The van der Waals surface area contributed by atoms with E-state index in [4.69, 9.17) is 4.74 Å². The lowest BCUT2D eigenvalue weighted by atomic mass is 10.2. The molecule has 22 heavy (non-hydrogen) atoms. The molecule has 0 spiro atoms. The molecule has 0 saturated heterocycles. The Morgan fingerprint density at radius 2 is 2.05 bits per heavy atom. The highest BCUT2D eigenvalue weighted by Crippen LogP contribution is 2.23. The van der Waals surface area contributed by atoms with Crippen molar-refractivity contribution >= 4 is 44.8 Å². The van der Waals surface area contributed by atoms with E-state index in [-0.39, 0.29) is 12.5 Å². The number of halogens is 1. The average Bonchev–Trinajstić information content (AvgIpc) is 2.88. The lowest BCUT2D eigenvalue weighted by Crippen LogP contribution is -2.20. The lowest BCUT2D eigenvalue weighted by Gasteiger charge is -2.07. The van der Waals surface area contributed by atoms with Crippen LogP contribution in [0.25, 0.3) is 0 Å². The Morgan fingerprint density at radius 1 is 1.32 bits per heavy atom. The predicted molar refractivity (Wildman–Crippen MR) is 91.5 cm³/mol. The summed E-state index contributed by atoms with van der Waals surface area (Å²) in [5.41, 5.74) is 1.72. The molecule has 4 nitrogen and oxygen atoms in total. The van der Waals surface area contributed by atoms with Crippen molar-refractivity contribution in [2.24, 2.45) is 0 Å². The minimum Gasteiger partial charge on any atom is -0.451 e. The van der Waals surface area contributed by atoms with E-state index in [2.05, 4.69) is 21.2 Å². The number of para-hydroxylation sites is 1. The van der Waals surface area contributed by atoms with E-state index in [1.807, 2.05) is 32.0 Å². The van der Waals surface area contributed by atoms with Crippen molar-refractivity contribution in [2.75, 3.05) is 11.9 Å². The van der Waals surface area contributed by atoms with Crippen LogP contribution in [0.5, 0.6) is 0 Å². The number of carbonyl (C=O) groups excluding carboxylic acids is 2. The van der Waals surface area contributed by atoms with E-state index in [0.717, 1.165) is 21.3 Å². The topological polar surface area (TPSA) is 55.4 Å². The van der Waals surface area contributed by atoms with Crippen LogP contribution in [-0.2, 0) is 16.0 Å². The summed E-state index contributed by atoms with van der Waals surface area (Å²) in [5.74, 6) is -0.834. The van der Waals surface area contributed by atoms with Crippen molar-refractivity contribution in [3.63, 3.8) is 0 Å². The first-order chi connectivity index (χ1) is 10.5. The number of aryl methyl sites for hydroxylation is 2. The molecule has 0 atom stereocenters. The first-order valence-corrected chi connectivity index (χ1v) is 8.43. The maximum atomic E-state index is 11.9. The van der Waals surface area contributed by atoms with Crippen LogP contribution in [0.3, 0.4) is 0 Å². The molecule has 2 aromatic rings. The standard InChI is InChI=1S/C16H16BrNO3S/c1-3-13-10(2)8-14(22-13)16(20)21-9-15(19)18-12-7-5-4-6-11(12)17/h4-8H,3,9H2,1-2H3,(H,18,19). The second kappa shape index (κ2) is 7.56. The van der Waals surface area contributed by atoms with Crippen LogP contribution < -0.4 is 5.32 Å². The summed E-state index contributed by atoms with van der Waals surface area (Å²) >= 11 is 4.75. The highest BCUT2D eigenvalue weighted by atomic mass is 79.9. The summed E-state index contributed by atoms with van der Waals surface area (Å²) < 4.78 is 5.83. The Morgan fingerprint density at radius 3 is 2.68 bits per heavy atom. The summed E-state index contributed by atoms with van der Waals surface area (Å²) in [6, 6.07) is 9.05. The zero-order valence-electron chi connectivity index (χ0n) is 12.3. The van der Waals surface area contributed by atoms with Gasteiger partial charge in [0.25, 0.3) is 5.91 Å². The molecule has 0 saturated carbocycles. The third-order valence-electron chi connectivity index (χ3n) is 3.03. The van der Waals surface area contributed by atoms with Gasteiger partial charge in [0.1, 0.15) is 4.88 Å². The molecular formula is C16H16BrNO3S. The van der Waals surface area contributed by atoms with Crippen LogP contribution >= 0.6 is 27.3 Å². The van der Waals surface area contributed by atoms with Gasteiger partial charge in [0.15, 0.2) is 6.61 Å². The molecule has 0 aliphatic heterocycles. The molecule has 1 aromatic carbocycles. The minimum atomic E-state index is -0.463. The van der Waals surface area contributed by atoms with E-state index in [9.17, 15) is 9.59 Å². The quantitative estimate of drug-likeness (QED) is 0.790. The lowest BCUT2D eigenvalue weighted by molar-refractivity contribution is -0.119. The van der Waals surface area contributed by atoms with E-state index >= 15 is 0 Å². The van der Waals surface area contributed by atoms with Gasteiger partial charge < -0.3 is 10.1 Å². The number of thiophene rings is 1. The third kappa shape index (κ3) is 4.18. The molecule has 116 valence electrons. The van der Waals surface area contributed by atoms with Crippen LogP contribution in [0.2, 0.25) is 0 Å². The van der Waals surface area contributed by atoms with Crippen LogP contribution in [0.4, 0.5) is 5.69 Å². The molecular weight excluding hydrogens is 366 g/mol. The number of nitrogens with one attached hydrogen (secondary N) is 1. The number of hydrogen-bond donors (Lipinski definition) is 1. The van der Waals surface area contributed by atoms with Gasteiger partial charge in [0.2, 0.25) is 0 Å². The van der Waals surface area contributed by atoms with Crippen molar-refractivity contribution in [1.29, 1.82) is 0 Å². The van der Waals surface area contributed by atoms with Crippen molar-refractivity contribution in [3.8, 4) is 0 Å². The van der Waals surface area contributed by atoms with Crippen LogP contribution in [0, 0.1) is 6.92 Å². The van der Waals surface area contributed by atoms with E-state index < -0.39 is 5.97 Å². The molecule has 0 bridgehead atoms. The summed E-state index contributed by atoms with van der Waals surface area (Å²) in [7, 11) is 0. The molecule has 0 aliphatic carbocycles. The number of esters is 1. The highest BCUT2D eigenvalue weighted by Gasteiger charge is 2.15. The Kier molecular flexibility index (Phi) is 5.74. The van der Waals surface area contributed by atoms with Gasteiger partial charge in [-0.25, -0.2) is 4.79 Å². The molecule has 1 amide bonds. The Labute approximate surface area is 141 Å². The molecule has 1 N–H and O–H groups in total. The molecule has 6 heteroatoms. The minimum absolute atomic E-state index is 0.307. The summed E-state index contributed by atoms with van der Waals surface area (Å²) in [5, 5.41) is 2.69. The maximum absolute atomic E-state index is 11.9. The van der Waals surface area contributed by atoms with Gasteiger partial charge >= 0.3 is 5.97 Å². The Hall–Kier alpha value is -1.66. The van der Waals surface area contributed by atoms with Crippen LogP contribution in [0.1, 0.15) is 27.0 Å². The largest absolute Gasteiger partial charge is 0.451 e. The smallest absolute Gasteiger partial charge is 0.348 e. The summed E-state index contributed by atoms with van der Waals surface area (Å²) in [4.78, 5) is 25.5. The fraction of sp³-hybridized carbons (Fsp3) is 0.250. The van der Waals surface area contributed by atoms with Gasteiger partial charge in [0.05, 0.1) is 5.69 Å². The monoisotopic (exact) mass is 381 g/mol. The Balaban J connectivity index is 1.90. The number of carbonyl (C=O) groups is 2. The molecule has 0 radical (unpaired) electrons. The molecule has 0 fully saturated rings. The molecule has 2 rings (SSSR count). The summed E-state index contributed by atoms with van der Waals surface area (Å²) in [6.07, 6.45) is 0.881. The van der Waals surface area contributed by atoms with Crippen molar-refractivity contribution in [1.82, 2.24) is 0 Å². The zero-order chi connectivity index (χ0) is 16.1. The number of hydrogen-bond acceptors (Lipinski definition) is 4. The van der Waals surface area contributed by atoms with Gasteiger partial charge in [-0.15, -0.1) is 11.3 Å².